The van der Waals surface area contributed by atoms with E-state index in [1.54, 1.807) is 18.2 Å². The van der Waals surface area contributed by atoms with Gasteiger partial charge in [-0.15, -0.1) is 0 Å². The highest BCUT2D eigenvalue weighted by molar-refractivity contribution is 7.18. The average molecular weight is 235 g/mol. The molecule has 0 aliphatic heterocycles. The Balaban J connectivity index is 2.31. The summed E-state index contributed by atoms with van der Waals surface area (Å²) < 4.78 is 0. The lowest BCUT2D eigenvalue weighted by Gasteiger charge is -1.98. The quantitative estimate of drug-likeness (QED) is 0.657. The Labute approximate surface area is 95.9 Å². The standard InChI is InChI=1S/C11H9NO3S/c13-7-8-1-3-9(4-2-8)10-5-6-11(16-10)12(14)15/h1-6,13H,7H2. The second-order valence-corrected chi connectivity index (χ2v) is 4.31. The summed E-state index contributed by atoms with van der Waals surface area (Å²) in [5.74, 6) is 0. The van der Waals surface area contributed by atoms with Gasteiger partial charge in [-0.05, 0) is 17.2 Å². The Morgan fingerprint density at radius 2 is 1.88 bits per heavy atom. The van der Waals surface area contributed by atoms with Crippen LogP contribution in [0.1, 0.15) is 5.56 Å². The number of aliphatic hydroxyl groups excluding tert-OH is 1. The lowest BCUT2D eigenvalue weighted by atomic mass is 10.1. The van der Waals surface area contributed by atoms with Gasteiger partial charge in [-0.2, -0.15) is 0 Å². The molecule has 82 valence electrons. The van der Waals surface area contributed by atoms with Crippen LogP contribution in [0.15, 0.2) is 36.4 Å². The summed E-state index contributed by atoms with van der Waals surface area (Å²) in [5.41, 5.74) is 1.75. The molecule has 2 rings (SSSR count). The van der Waals surface area contributed by atoms with Crippen LogP contribution >= 0.6 is 11.3 Å². The monoisotopic (exact) mass is 235 g/mol. The summed E-state index contributed by atoms with van der Waals surface area (Å²) in [6, 6.07) is 10.5. The van der Waals surface area contributed by atoms with E-state index in [1.165, 1.54) is 6.07 Å². The van der Waals surface area contributed by atoms with E-state index in [9.17, 15) is 10.1 Å². The minimum Gasteiger partial charge on any atom is -0.392 e. The van der Waals surface area contributed by atoms with Crippen molar-refractivity contribution < 1.29 is 10.0 Å². The van der Waals surface area contributed by atoms with E-state index in [0.717, 1.165) is 27.3 Å². The van der Waals surface area contributed by atoms with Gasteiger partial charge in [0.2, 0.25) is 0 Å². The first-order valence-corrected chi connectivity index (χ1v) is 5.47. The predicted octanol–water partition coefficient (Wildman–Crippen LogP) is 2.82. The van der Waals surface area contributed by atoms with E-state index in [1.807, 2.05) is 12.1 Å². The highest BCUT2D eigenvalue weighted by Crippen LogP contribution is 2.32. The first-order chi connectivity index (χ1) is 7.70. The fourth-order valence-corrected chi connectivity index (χ4v) is 2.18. The maximum atomic E-state index is 10.5. The van der Waals surface area contributed by atoms with Crippen LogP contribution in [0.4, 0.5) is 5.00 Å². The molecule has 1 heterocycles. The van der Waals surface area contributed by atoms with Crippen molar-refractivity contribution in [2.45, 2.75) is 6.61 Å². The van der Waals surface area contributed by atoms with Crippen LogP contribution in [0, 0.1) is 10.1 Å². The topological polar surface area (TPSA) is 63.4 Å². The van der Waals surface area contributed by atoms with Crippen molar-refractivity contribution >= 4 is 16.3 Å². The minimum atomic E-state index is -0.393. The normalized spacial score (nSPS) is 10.3. The summed E-state index contributed by atoms with van der Waals surface area (Å²) in [5, 5.41) is 19.6. The summed E-state index contributed by atoms with van der Waals surface area (Å²) in [7, 11) is 0. The van der Waals surface area contributed by atoms with Gasteiger partial charge in [0.15, 0.2) is 0 Å². The third-order valence-electron chi connectivity index (χ3n) is 2.19. The number of rotatable bonds is 3. The third kappa shape index (κ3) is 2.10. The molecule has 1 N–H and O–H groups in total. The van der Waals surface area contributed by atoms with Gasteiger partial charge in [-0.25, -0.2) is 0 Å². The van der Waals surface area contributed by atoms with Crippen molar-refractivity contribution in [3.8, 4) is 10.4 Å². The summed E-state index contributed by atoms with van der Waals surface area (Å²) in [6.45, 7) is 0.00483. The van der Waals surface area contributed by atoms with Crippen LogP contribution in [0.3, 0.4) is 0 Å². The molecule has 0 aliphatic rings. The van der Waals surface area contributed by atoms with Crippen LogP contribution in [-0.4, -0.2) is 10.0 Å². The van der Waals surface area contributed by atoms with Gasteiger partial charge >= 0.3 is 5.00 Å². The number of benzene rings is 1. The highest BCUT2D eigenvalue weighted by Gasteiger charge is 2.10. The lowest BCUT2D eigenvalue weighted by Crippen LogP contribution is -1.81. The third-order valence-corrected chi connectivity index (χ3v) is 3.28. The van der Waals surface area contributed by atoms with E-state index in [0.29, 0.717) is 0 Å². The molecular weight excluding hydrogens is 226 g/mol. The average Bonchev–Trinajstić information content (AvgIpc) is 2.78. The van der Waals surface area contributed by atoms with Crippen LogP contribution in [-0.2, 0) is 6.61 Å². The zero-order chi connectivity index (χ0) is 11.5. The van der Waals surface area contributed by atoms with Crippen molar-refractivity contribution in [3.63, 3.8) is 0 Å². The van der Waals surface area contributed by atoms with Crippen LogP contribution in [0.25, 0.3) is 10.4 Å². The van der Waals surface area contributed by atoms with Crippen LogP contribution in [0.2, 0.25) is 0 Å². The van der Waals surface area contributed by atoms with Crippen LogP contribution in [0.5, 0.6) is 0 Å². The Hall–Kier alpha value is -1.72. The van der Waals surface area contributed by atoms with E-state index >= 15 is 0 Å². The molecule has 5 heteroatoms. The Morgan fingerprint density at radius 3 is 2.38 bits per heavy atom. The molecule has 0 unspecified atom stereocenters. The number of nitro groups is 1. The van der Waals surface area contributed by atoms with Crippen molar-refractivity contribution in [2.75, 3.05) is 0 Å². The second kappa shape index (κ2) is 4.42. The highest BCUT2D eigenvalue weighted by atomic mass is 32.1. The van der Waals surface area contributed by atoms with Crippen molar-refractivity contribution in [2.24, 2.45) is 0 Å². The maximum absolute atomic E-state index is 10.5. The largest absolute Gasteiger partial charge is 0.392 e. The molecule has 0 saturated carbocycles. The van der Waals surface area contributed by atoms with Crippen LogP contribution < -0.4 is 0 Å². The predicted molar refractivity (Wildman–Crippen MR) is 62.3 cm³/mol. The van der Waals surface area contributed by atoms with E-state index in [4.69, 9.17) is 5.11 Å². The van der Waals surface area contributed by atoms with E-state index in [-0.39, 0.29) is 11.6 Å². The molecule has 1 aromatic carbocycles. The van der Waals surface area contributed by atoms with E-state index in [2.05, 4.69) is 0 Å². The zero-order valence-electron chi connectivity index (χ0n) is 8.29. The molecule has 0 radical (unpaired) electrons. The van der Waals surface area contributed by atoms with Gasteiger partial charge in [0.25, 0.3) is 0 Å². The first kappa shape index (κ1) is 10.8. The number of nitrogens with zero attached hydrogens (tertiary/aromatic N) is 1. The number of hydrogen-bond donors (Lipinski definition) is 1. The Bertz CT molecular complexity index is 504. The first-order valence-electron chi connectivity index (χ1n) is 4.65. The second-order valence-electron chi connectivity index (χ2n) is 3.25. The van der Waals surface area contributed by atoms with E-state index < -0.39 is 4.92 Å². The molecule has 2 aromatic rings. The lowest BCUT2D eigenvalue weighted by molar-refractivity contribution is -0.380. The zero-order valence-corrected chi connectivity index (χ0v) is 9.11. The molecule has 4 nitrogen and oxygen atoms in total. The van der Waals surface area contributed by atoms with Gasteiger partial charge in [-0.1, -0.05) is 35.6 Å². The fraction of sp³-hybridized carbons (Fsp3) is 0.0909. The Morgan fingerprint density at radius 1 is 1.19 bits per heavy atom. The molecule has 0 fully saturated rings. The van der Waals surface area contributed by atoms with Gasteiger partial charge in [0, 0.05) is 10.9 Å². The summed E-state index contributed by atoms with van der Waals surface area (Å²) in [4.78, 5) is 11.0. The maximum Gasteiger partial charge on any atom is 0.324 e. The van der Waals surface area contributed by atoms with Crippen molar-refractivity contribution in [1.29, 1.82) is 0 Å². The fourth-order valence-electron chi connectivity index (χ4n) is 1.36. The molecule has 0 atom stereocenters. The molecule has 16 heavy (non-hydrogen) atoms. The molecule has 0 amide bonds. The summed E-state index contributed by atoms with van der Waals surface area (Å²) >= 11 is 1.15. The smallest absolute Gasteiger partial charge is 0.324 e. The Kier molecular flexibility index (Phi) is 2.98. The summed E-state index contributed by atoms with van der Waals surface area (Å²) in [6.07, 6.45) is 0. The van der Waals surface area contributed by atoms with Crippen molar-refractivity contribution in [3.05, 3.63) is 52.1 Å². The SMILES string of the molecule is O=[N+]([O-])c1ccc(-c2ccc(CO)cc2)s1. The molecule has 0 saturated heterocycles. The minimum absolute atomic E-state index is 0.00483. The molecular formula is C11H9NO3S. The molecule has 0 spiro atoms. The van der Waals surface area contributed by atoms with Gasteiger partial charge in [0.1, 0.15) is 0 Å². The number of hydrogen-bond acceptors (Lipinski definition) is 4. The number of thiophene rings is 1. The molecule has 0 aliphatic carbocycles. The number of aliphatic hydroxyl groups is 1. The van der Waals surface area contributed by atoms with Gasteiger partial charge in [0.05, 0.1) is 11.5 Å². The van der Waals surface area contributed by atoms with Gasteiger partial charge in [-0.3, -0.25) is 10.1 Å². The van der Waals surface area contributed by atoms with Crippen molar-refractivity contribution in [1.82, 2.24) is 0 Å². The molecule has 1 aromatic heterocycles. The molecule has 0 bridgehead atoms. The van der Waals surface area contributed by atoms with Gasteiger partial charge < -0.3 is 5.11 Å².